The molecule has 84 valence electrons. The van der Waals surface area contributed by atoms with Crippen LogP contribution in [0, 0.1) is 0 Å². The number of hydrogen-bond acceptors (Lipinski definition) is 1. The third-order valence-corrected chi connectivity index (χ3v) is 2.55. The highest BCUT2D eigenvalue weighted by atomic mass is 19.4. The molecule has 0 fully saturated rings. The summed E-state index contributed by atoms with van der Waals surface area (Å²) in [5, 5.41) is 0. The molecule has 0 saturated carbocycles. The Hall–Kier alpha value is -1.03. The SMILES string of the molecule is C[C@H](N)[C@@H](C)c1ccccc1C(F)(F)F. The normalized spacial score (nSPS) is 16.1. The van der Waals surface area contributed by atoms with Crippen molar-refractivity contribution < 1.29 is 13.2 Å². The first-order valence-electron chi connectivity index (χ1n) is 4.75. The summed E-state index contributed by atoms with van der Waals surface area (Å²) in [7, 11) is 0. The Morgan fingerprint density at radius 2 is 1.67 bits per heavy atom. The number of rotatable bonds is 2. The van der Waals surface area contributed by atoms with Gasteiger partial charge in [-0.3, -0.25) is 0 Å². The first-order chi connectivity index (χ1) is 6.84. The van der Waals surface area contributed by atoms with Crippen molar-refractivity contribution in [2.45, 2.75) is 32.0 Å². The monoisotopic (exact) mass is 217 g/mol. The fraction of sp³-hybridized carbons (Fsp3) is 0.455. The lowest BCUT2D eigenvalue weighted by molar-refractivity contribution is -0.138. The zero-order chi connectivity index (χ0) is 11.6. The zero-order valence-corrected chi connectivity index (χ0v) is 8.68. The van der Waals surface area contributed by atoms with E-state index in [4.69, 9.17) is 5.73 Å². The van der Waals surface area contributed by atoms with Gasteiger partial charge in [0.15, 0.2) is 0 Å². The van der Waals surface area contributed by atoms with Gasteiger partial charge >= 0.3 is 6.18 Å². The van der Waals surface area contributed by atoms with Crippen LogP contribution in [0.4, 0.5) is 13.2 Å². The molecule has 1 aromatic rings. The van der Waals surface area contributed by atoms with Crippen LogP contribution in [0.25, 0.3) is 0 Å². The number of hydrogen-bond donors (Lipinski definition) is 1. The largest absolute Gasteiger partial charge is 0.416 e. The van der Waals surface area contributed by atoms with E-state index >= 15 is 0 Å². The van der Waals surface area contributed by atoms with Crippen LogP contribution in [0.15, 0.2) is 24.3 Å². The molecule has 0 amide bonds. The Kier molecular flexibility index (Phi) is 3.39. The minimum atomic E-state index is -4.31. The fourth-order valence-corrected chi connectivity index (χ4v) is 1.44. The van der Waals surface area contributed by atoms with Gasteiger partial charge in [-0.05, 0) is 24.5 Å². The van der Waals surface area contributed by atoms with Gasteiger partial charge in [0.2, 0.25) is 0 Å². The maximum absolute atomic E-state index is 12.6. The van der Waals surface area contributed by atoms with Crippen LogP contribution >= 0.6 is 0 Å². The van der Waals surface area contributed by atoms with Crippen LogP contribution in [-0.4, -0.2) is 6.04 Å². The Morgan fingerprint density at radius 1 is 1.13 bits per heavy atom. The Bertz CT molecular complexity index is 331. The molecule has 2 N–H and O–H groups in total. The number of benzene rings is 1. The number of halogens is 3. The molecule has 0 heterocycles. The van der Waals surface area contributed by atoms with Crippen molar-refractivity contribution in [3.8, 4) is 0 Å². The summed E-state index contributed by atoms with van der Waals surface area (Å²) in [5.41, 5.74) is 5.29. The summed E-state index contributed by atoms with van der Waals surface area (Å²) in [6, 6.07) is 5.27. The van der Waals surface area contributed by atoms with Crippen molar-refractivity contribution in [3.63, 3.8) is 0 Å². The lowest BCUT2D eigenvalue weighted by Crippen LogP contribution is -2.24. The van der Waals surface area contributed by atoms with E-state index in [0.717, 1.165) is 6.07 Å². The van der Waals surface area contributed by atoms with Crippen molar-refractivity contribution >= 4 is 0 Å². The quantitative estimate of drug-likeness (QED) is 0.809. The summed E-state index contributed by atoms with van der Waals surface area (Å²) in [6.45, 7) is 3.41. The Morgan fingerprint density at radius 3 is 2.13 bits per heavy atom. The molecule has 0 saturated heterocycles. The molecule has 0 unspecified atom stereocenters. The van der Waals surface area contributed by atoms with E-state index in [1.54, 1.807) is 19.9 Å². The molecule has 2 atom stereocenters. The lowest BCUT2D eigenvalue weighted by Gasteiger charge is -2.20. The minimum absolute atomic E-state index is 0.264. The third kappa shape index (κ3) is 2.72. The van der Waals surface area contributed by atoms with Gasteiger partial charge in [-0.2, -0.15) is 13.2 Å². The van der Waals surface area contributed by atoms with E-state index in [-0.39, 0.29) is 17.5 Å². The second kappa shape index (κ2) is 4.23. The van der Waals surface area contributed by atoms with Crippen LogP contribution in [0.1, 0.15) is 30.9 Å². The molecule has 4 heteroatoms. The van der Waals surface area contributed by atoms with Gasteiger partial charge in [0, 0.05) is 6.04 Å². The van der Waals surface area contributed by atoms with Gasteiger partial charge in [-0.1, -0.05) is 25.1 Å². The van der Waals surface area contributed by atoms with Crippen molar-refractivity contribution in [2.24, 2.45) is 5.73 Å². The second-order valence-electron chi connectivity index (χ2n) is 3.73. The fourth-order valence-electron chi connectivity index (χ4n) is 1.44. The molecular formula is C11H14F3N. The van der Waals surface area contributed by atoms with Crippen LogP contribution in [0.5, 0.6) is 0 Å². The van der Waals surface area contributed by atoms with E-state index in [0.29, 0.717) is 0 Å². The molecule has 0 aliphatic heterocycles. The topological polar surface area (TPSA) is 26.0 Å². The summed E-state index contributed by atoms with van der Waals surface area (Å²) < 4.78 is 37.9. The Balaban J connectivity index is 3.18. The summed E-state index contributed by atoms with van der Waals surface area (Å²) >= 11 is 0. The molecule has 0 aliphatic carbocycles. The zero-order valence-electron chi connectivity index (χ0n) is 8.68. The van der Waals surface area contributed by atoms with E-state index < -0.39 is 11.7 Å². The summed E-state index contributed by atoms with van der Waals surface area (Å²) in [6.07, 6.45) is -4.31. The first kappa shape index (κ1) is 12.0. The molecule has 1 aromatic carbocycles. The van der Waals surface area contributed by atoms with E-state index in [9.17, 15) is 13.2 Å². The van der Waals surface area contributed by atoms with Crippen molar-refractivity contribution in [1.29, 1.82) is 0 Å². The van der Waals surface area contributed by atoms with E-state index in [2.05, 4.69) is 0 Å². The minimum Gasteiger partial charge on any atom is -0.327 e. The molecule has 0 radical (unpaired) electrons. The van der Waals surface area contributed by atoms with Crippen LogP contribution in [0.3, 0.4) is 0 Å². The van der Waals surface area contributed by atoms with Crippen molar-refractivity contribution in [1.82, 2.24) is 0 Å². The van der Waals surface area contributed by atoms with Gasteiger partial charge in [-0.15, -0.1) is 0 Å². The molecule has 1 nitrogen and oxygen atoms in total. The maximum Gasteiger partial charge on any atom is 0.416 e. The van der Waals surface area contributed by atoms with Gasteiger partial charge in [0.05, 0.1) is 5.56 Å². The predicted molar refractivity (Wildman–Crippen MR) is 53.5 cm³/mol. The van der Waals surface area contributed by atoms with Gasteiger partial charge in [0.1, 0.15) is 0 Å². The van der Waals surface area contributed by atoms with Crippen molar-refractivity contribution in [2.75, 3.05) is 0 Å². The van der Waals surface area contributed by atoms with Crippen LogP contribution < -0.4 is 5.73 Å². The number of alkyl halides is 3. The standard InChI is InChI=1S/C11H14F3N/c1-7(8(2)15)9-5-3-4-6-10(9)11(12,13)14/h3-8H,15H2,1-2H3/t7-,8+/m1/s1. The molecule has 0 aliphatic rings. The van der Waals surface area contributed by atoms with Gasteiger partial charge in [-0.25, -0.2) is 0 Å². The summed E-state index contributed by atoms with van der Waals surface area (Å²) in [4.78, 5) is 0. The van der Waals surface area contributed by atoms with Crippen LogP contribution in [0.2, 0.25) is 0 Å². The molecule has 15 heavy (non-hydrogen) atoms. The number of nitrogens with two attached hydrogens (primary N) is 1. The first-order valence-corrected chi connectivity index (χ1v) is 4.75. The van der Waals surface area contributed by atoms with Gasteiger partial charge in [0.25, 0.3) is 0 Å². The molecule has 0 bridgehead atoms. The molecule has 0 aromatic heterocycles. The molecule has 1 rings (SSSR count). The van der Waals surface area contributed by atoms with Crippen molar-refractivity contribution in [3.05, 3.63) is 35.4 Å². The average molecular weight is 217 g/mol. The summed E-state index contributed by atoms with van der Waals surface area (Å²) in [5.74, 6) is -0.303. The predicted octanol–water partition coefficient (Wildman–Crippen LogP) is 3.16. The highest BCUT2D eigenvalue weighted by molar-refractivity contribution is 5.33. The highest BCUT2D eigenvalue weighted by Crippen LogP contribution is 2.35. The third-order valence-electron chi connectivity index (χ3n) is 2.55. The smallest absolute Gasteiger partial charge is 0.327 e. The molecular weight excluding hydrogens is 203 g/mol. The molecule has 0 spiro atoms. The van der Waals surface area contributed by atoms with Crippen LogP contribution in [-0.2, 0) is 6.18 Å². The van der Waals surface area contributed by atoms with Gasteiger partial charge < -0.3 is 5.73 Å². The van der Waals surface area contributed by atoms with E-state index in [1.807, 2.05) is 0 Å². The second-order valence-corrected chi connectivity index (χ2v) is 3.73. The van der Waals surface area contributed by atoms with E-state index in [1.165, 1.54) is 12.1 Å². The maximum atomic E-state index is 12.6. The average Bonchev–Trinajstić information content (AvgIpc) is 2.15. The lowest BCUT2D eigenvalue weighted by atomic mass is 9.91. The Labute approximate surface area is 87.1 Å². The highest BCUT2D eigenvalue weighted by Gasteiger charge is 2.34.